The minimum atomic E-state index is -0.204. The molecule has 0 aliphatic carbocycles. The Kier molecular flexibility index (Phi) is 6.85. The van der Waals surface area contributed by atoms with Crippen LogP contribution >= 0.6 is 23.2 Å². The number of aryl methyl sites for hydroxylation is 1. The van der Waals surface area contributed by atoms with Crippen LogP contribution in [-0.2, 0) is 16.0 Å². The molecule has 2 amide bonds. The van der Waals surface area contributed by atoms with E-state index in [9.17, 15) is 9.59 Å². The van der Waals surface area contributed by atoms with Crippen LogP contribution < -0.4 is 10.2 Å². The summed E-state index contributed by atoms with van der Waals surface area (Å²) in [6, 6.07) is 12.8. The van der Waals surface area contributed by atoms with Gasteiger partial charge in [-0.15, -0.1) is 0 Å². The van der Waals surface area contributed by atoms with Crippen molar-refractivity contribution in [2.75, 3.05) is 16.8 Å². The van der Waals surface area contributed by atoms with Gasteiger partial charge in [0.2, 0.25) is 11.8 Å². The van der Waals surface area contributed by atoms with Crippen molar-refractivity contribution in [3.05, 3.63) is 58.1 Å². The van der Waals surface area contributed by atoms with Gasteiger partial charge in [0.25, 0.3) is 0 Å². The second-order valence-electron chi connectivity index (χ2n) is 5.59. The molecule has 2 rings (SSSR count). The van der Waals surface area contributed by atoms with E-state index >= 15 is 0 Å². The van der Waals surface area contributed by atoms with E-state index in [2.05, 4.69) is 12.2 Å². The molecule has 6 heteroatoms. The number of anilines is 2. The maximum atomic E-state index is 12.2. The summed E-state index contributed by atoms with van der Waals surface area (Å²) in [5, 5.41) is 3.50. The Balaban J connectivity index is 2.01. The third kappa shape index (κ3) is 5.21. The zero-order chi connectivity index (χ0) is 18.4. The molecule has 0 radical (unpaired) electrons. The number of nitrogens with zero attached hydrogens (tertiary/aromatic N) is 1. The average Bonchev–Trinajstić information content (AvgIpc) is 2.59. The number of carbonyl (C=O) groups excluding carboxylic acids is 2. The first-order valence-electron chi connectivity index (χ1n) is 8.03. The SMILES string of the molecule is CCc1ccc(NC(=O)CCN(C(C)=O)c2cccc(Cl)c2Cl)cc1. The van der Waals surface area contributed by atoms with Gasteiger partial charge >= 0.3 is 0 Å². The lowest BCUT2D eigenvalue weighted by atomic mass is 10.1. The van der Waals surface area contributed by atoms with Crippen molar-refractivity contribution in [2.45, 2.75) is 26.7 Å². The van der Waals surface area contributed by atoms with E-state index < -0.39 is 0 Å². The number of benzene rings is 2. The Morgan fingerprint density at radius 2 is 1.76 bits per heavy atom. The Hall–Kier alpha value is -2.04. The van der Waals surface area contributed by atoms with Crippen LogP contribution in [0.15, 0.2) is 42.5 Å². The predicted octanol–water partition coefficient (Wildman–Crippen LogP) is 4.94. The zero-order valence-electron chi connectivity index (χ0n) is 14.2. The van der Waals surface area contributed by atoms with Gasteiger partial charge in [-0.25, -0.2) is 0 Å². The van der Waals surface area contributed by atoms with Crippen LogP contribution in [-0.4, -0.2) is 18.4 Å². The summed E-state index contributed by atoms with van der Waals surface area (Å²) in [6.07, 6.45) is 1.10. The van der Waals surface area contributed by atoms with Crippen LogP contribution in [0.5, 0.6) is 0 Å². The number of carbonyl (C=O) groups is 2. The molecule has 2 aromatic carbocycles. The standard InChI is InChI=1S/C19H20Cl2N2O2/c1-3-14-7-9-15(10-8-14)22-18(25)11-12-23(13(2)24)17-6-4-5-16(20)19(17)21/h4-10H,3,11-12H2,1-2H3,(H,22,25). The number of hydrogen-bond acceptors (Lipinski definition) is 2. The molecule has 0 saturated carbocycles. The highest BCUT2D eigenvalue weighted by Crippen LogP contribution is 2.32. The fraction of sp³-hybridized carbons (Fsp3) is 0.263. The van der Waals surface area contributed by atoms with E-state index in [4.69, 9.17) is 23.2 Å². The van der Waals surface area contributed by atoms with Crippen molar-refractivity contribution in [2.24, 2.45) is 0 Å². The molecule has 0 bridgehead atoms. The Labute approximate surface area is 157 Å². The Bertz CT molecular complexity index is 761. The molecular weight excluding hydrogens is 359 g/mol. The molecule has 0 heterocycles. The second-order valence-corrected chi connectivity index (χ2v) is 6.38. The van der Waals surface area contributed by atoms with E-state index in [0.29, 0.717) is 15.7 Å². The molecule has 0 spiro atoms. The van der Waals surface area contributed by atoms with Crippen molar-refractivity contribution >= 4 is 46.4 Å². The fourth-order valence-corrected chi connectivity index (χ4v) is 2.81. The minimum absolute atomic E-state index is 0.151. The summed E-state index contributed by atoms with van der Waals surface area (Å²) >= 11 is 12.2. The third-order valence-electron chi connectivity index (χ3n) is 3.81. The number of hydrogen-bond donors (Lipinski definition) is 1. The molecule has 0 aliphatic rings. The fourth-order valence-electron chi connectivity index (χ4n) is 2.41. The summed E-state index contributed by atoms with van der Waals surface area (Å²) in [5.41, 5.74) is 2.44. The molecule has 25 heavy (non-hydrogen) atoms. The number of nitrogens with one attached hydrogen (secondary N) is 1. The molecule has 1 N–H and O–H groups in total. The molecule has 0 atom stereocenters. The summed E-state index contributed by atoms with van der Waals surface area (Å²) in [7, 11) is 0. The highest BCUT2D eigenvalue weighted by Gasteiger charge is 2.17. The minimum Gasteiger partial charge on any atom is -0.326 e. The van der Waals surface area contributed by atoms with Crippen LogP contribution in [0, 0.1) is 0 Å². The normalized spacial score (nSPS) is 10.4. The van der Waals surface area contributed by atoms with Gasteiger partial charge in [0, 0.05) is 25.6 Å². The van der Waals surface area contributed by atoms with Crippen molar-refractivity contribution in [3.8, 4) is 0 Å². The van der Waals surface area contributed by atoms with Gasteiger partial charge in [0.15, 0.2) is 0 Å². The maximum absolute atomic E-state index is 12.2. The van der Waals surface area contributed by atoms with Crippen molar-refractivity contribution in [1.29, 1.82) is 0 Å². The quantitative estimate of drug-likeness (QED) is 0.773. The van der Waals surface area contributed by atoms with Gasteiger partial charge in [0.05, 0.1) is 15.7 Å². The van der Waals surface area contributed by atoms with Gasteiger partial charge in [-0.2, -0.15) is 0 Å². The largest absolute Gasteiger partial charge is 0.326 e. The maximum Gasteiger partial charge on any atom is 0.226 e. The molecule has 0 unspecified atom stereocenters. The molecule has 132 valence electrons. The summed E-state index contributed by atoms with van der Waals surface area (Å²) < 4.78 is 0. The zero-order valence-corrected chi connectivity index (χ0v) is 15.7. The molecule has 0 aromatic heterocycles. The van der Waals surface area contributed by atoms with Gasteiger partial charge in [-0.1, -0.05) is 48.3 Å². The van der Waals surface area contributed by atoms with Crippen LogP contribution in [0.2, 0.25) is 10.0 Å². The molecule has 2 aromatic rings. The van der Waals surface area contributed by atoms with Crippen molar-refractivity contribution in [1.82, 2.24) is 0 Å². The van der Waals surface area contributed by atoms with E-state index in [0.717, 1.165) is 12.1 Å². The van der Waals surface area contributed by atoms with Crippen LogP contribution in [0.3, 0.4) is 0 Å². The van der Waals surface area contributed by atoms with Crippen LogP contribution in [0.4, 0.5) is 11.4 Å². The lowest BCUT2D eigenvalue weighted by molar-refractivity contribution is -0.117. The molecule has 4 nitrogen and oxygen atoms in total. The third-order valence-corrected chi connectivity index (χ3v) is 4.62. The van der Waals surface area contributed by atoms with Crippen LogP contribution in [0.25, 0.3) is 0 Å². The van der Waals surface area contributed by atoms with E-state index in [1.807, 2.05) is 24.3 Å². The topological polar surface area (TPSA) is 49.4 Å². The monoisotopic (exact) mass is 378 g/mol. The van der Waals surface area contributed by atoms with Gasteiger partial charge < -0.3 is 10.2 Å². The number of halogens is 2. The lowest BCUT2D eigenvalue weighted by Crippen LogP contribution is -2.32. The van der Waals surface area contributed by atoms with E-state index in [1.54, 1.807) is 18.2 Å². The molecule has 0 fully saturated rings. The van der Waals surface area contributed by atoms with E-state index in [1.165, 1.54) is 17.4 Å². The highest BCUT2D eigenvalue weighted by atomic mass is 35.5. The summed E-state index contributed by atoms with van der Waals surface area (Å²) in [5.74, 6) is -0.377. The van der Waals surface area contributed by atoms with Gasteiger partial charge in [0.1, 0.15) is 0 Å². The van der Waals surface area contributed by atoms with E-state index in [-0.39, 0.29) is 24.8 Å². The molecular formula is C19H20Cl2N2O2. The Morgan fingerprint density at radius 3 is 2.36 bits per heavy atom. The predicted molar refractivity (Wildman–Crippen MR) is 104 cm³/mol. The number of amides is 2. The first kappa shape index (κ1) is 19.3. The highest BCUT2D eigenvalue weighted by molar-refractivity contribution is 6.44. The lowest BCUT2D eigenvalue weighted by Gasteiger charge is -2.22. The number of rotatable bonds is 6. The summed E-state index contributed by atoms with van der Waals surface area (Å²) in [4.78, 5) is 25.6. The second kappa shape index (κ2) is 8.88. The van der Waals surface area contributed by atoms with Crippen LogP contribution in [0.1, 0.15) is 25.8 Å². The molecule has 0 aliphatic heterocycles. The van der Waals surface area contributed by atoms with Crippen molar-refractivity contribution < 1.29 is 9.59 Å². The summed E-state index contributed by atoms with van der Waals surface area (Å²) in [6.45, 7) is 3.72. The first-order chi connectivity index (χ1) is 11.9. The van der Waals surface area contributed by atoms with Gasteiger partial charge in [-0.3, -0.25) is 9.59 Å². The van der Waals surface area contributed by atoms with Crippen molar-refractivity contribution in [3.63, 3.8) is 0 Å². The van der Waals surface area contributed by atoms with Gasteiger partial charge in [-0.05, 0) is 36.2 Å². The first-order valence-corrected chi connectivity index (χ1v) is 8.79. The average molecular weight is 379 g/mol. The Morgan fingerprint density at radius 1 is 1.08 bits per heavy atom. The smallest absolute Gasteiger partial charge is 0.226 e. The molecule has 0 saturated heterocycles.